The van der Waals surface area contributed by atoms with Crippen LogP contribution in [-0.4, -0.2) is 47.4 Å². The minimum Gasteiger partial charge on any atom is -0.466 e. The van der Waals surface area contributed by atoms with Crippen molar-refractivity contribution >= 4 is 11.9 Å². The first kappa shape index (κ1) is 86.3. The number of aliphatic hydroxyl groups excluding tert-OH is 2. The Hall–Kier alpha value is -1.66. The van der Waals surface area contributed by atoms with E-state index in [1.165, 1.54) is 379 Å². The second-order valence-electron chi connectivity index (χ2n) is 28.1. The third-order valence-electron chi connectivity index (χ3n) is 19.2. The molecule has 0 fully saturated rings. The Morgan fingerprint density at radius 1 is 0.318 bits per heavy atom. The van der Waals surface area contributed by atoms with Crippen LogP contribution >= 0.6 is 0 Å². The summed E-state index contributed by atoms with van der Waals surface area (Å²) in [5, 5.41) is 23.5. The van der Waals surface area contributed by atoms with Crippen LogP contribution < -0.4 is 5.32 Å². The number of rotatable bonds is 77. The van der Waals surface area contributed by atoms with Crippen LogP contribution in [0.15, 0.2) is 24.3 Å². The highest BCUT2D eigenvalue weighted by atomic mass is 16.5. The van der Waals surface area contributed by atoms with Gasteiger partial charge in [-0.05, 0) is 51.4 Å². The summed E-state index contributed by atoms with van der Waals surface area (Å²) in [7, 11) is 0. The molecule has 6 heteroatoms. The minimum absolute atomic E-state index is 0.00723. The van der Waals surface area contributed by atoms with Crippen LogP contribution in [0.25, 0.3) is 0 Å². The van der Waals surface area contributed by atoms with Crippen molar-refractivity contribution in [1.82, 2.24) is 5.32 Å². The minimum atomic E-state index is -0.662. The molecule has 0 bridgehead atoms. The quantitative estimate of drug-likeness (QED) is 0.0320. The van der Waals surface area contributed by atoms with Gasteiger partial charge in [-0.15, -0.1) is 0 Å². The number of allylic oxidation sites excluding steroid dienone is 4. The number of carbonyl (C=O) groups excluding carboxylic acids is 2. The molecule has 0 aromatic rings. The van der Waals surface area contributed by atoms with Gasteiger partial charge in [-0.3, -0.25) is 9.59 Å². The lowest BCUT2D eigenvalue weighted by Crippen LogP contribution is -2.45. The van der Waals surface area contributed by atoms with Crippen molar-refractivity contribution in [2.45, 2.75) is 475 Å². The zero-order valence-corrected chi connectivity index (χ0v) is 60.0. The van der Waals surface area contributed by atoms with Gasteiger partial charge in [0.05, 0.1) is 25.4 Å². The molecule has 0 aliphatic carbocycles. The van der Waals surface area contributed by atoms with Crippen molar-refractivity contribution in [2.24, 2.45) is 0 Å². The van der Waals surface area contributed by atoms with E-state index < -0.39 is 12.1 Å². The van der Waals surface area contributed by atoms with Crippen LogP contribution in [0, 0.1) is 0 Å². The van der Waals surface area contributed by atoms with Gasteiger partial charge in [-0.1, -0.05) is 423 Å². The number of nitrogens with one attached hydrogen (secondary N) is 1. The number of hydrogen-bond acceptors (Lipinski definition) is 5. The maximum atomic E-state index is 12.6. The van der Waals surface area contributed by atoms with Gasteiger partial charge in [-0.25, -0.2) is 0 Å². The van der Waals surface area contributed by atoms with Crippen molar-refractivity contribution in [1.29, 1.82) is 0 Å². The number of aliphatic hydroxyl groups is 2. The van der Waals surface area contributed by atoms with E-state index in [1.807, 2.05) is 0 Å². The molecule has 0 rings (SSSR count). The SMILES string of the molecule is CCC/C=C\C/C=C\CCCCCCCC(=O)OCCCCCCCCCCCCCCCCCCCCCCCCCCCCCCCCCCCC(=O)NC(CO)C(O)CCCCCCCCCCCCCCCCCCCCCCCCCCC. The number of carbonyl (C=O) groups is 2. The van der Waals surface area contributed by atoms with Crippen molar-refractivity contribution in [3.05, 3.63) is 24.3 Å². The summed E-state index contributed by atoms with van der Waals surface area (Å²) < 4.78 is 5.48. The molecular formula is C82H159NO5. The molecule has 6 nitrogen and oxygen atoms in total. The number of amides is 1. The number of hydrogen-bond donors (Lipinski definition) is 3. The summed E-state index contributed by atoms with van der Waals surface area (Å²) in [6, 6.07) is -0.539. The van der Waals surface area contributed by atoms with Gasteiger partial charge >= 0.3 is 5.97 Å². The van der Waals surface area contributed by atoms with Gasteiger partial charge in [0.25, 0.3) is 0 Å². The highest BCUT2D eigenvalue weighted by Crippen LogP contribution is 2.21. The fourth-order valence-electron chi connectivity index (χ4n) is 13.1. The third-order valence-corrected chi connectivity index (χ3v) is 19.2. The predicted octanol–water partition coefficient (Wildman–Crippen LogP) is 26.8. The fraction of sp³-hybridized carbons (Fsp3) is 0.927. The van der Waals surface area contributed by atoms with Gasteiger partial charge in [-0.2, -0.15) is 0 Å². The van der Waals surface area contributed by atoms with Crippen molar-refractivity contribution in [2.75, 3.05) is 13.2 Å². The highest BCUT2D eigenvalue weighted by Gasteiger charge is 2.20. The monoisotopic (exact) mass is 1240 g/mol. The smallest absolute Gasteiger partial charge is 0.305 e. The molecule has 522 valence electrons. The summed E-state index contributed by atoms with van der Waals surface area (Å²) in [5.41, 5.74) is 0. The van der Waals surface area contributed by atoms with Crippen LogP contribution in [0.4, 0.5) is 0 Å². The van der Waals surface area contributed by atoms with Crippen LogP contribution in [0.3, 0.4) is 0 Å². The fourth-order valence-corrected chi connectivity index (χ4v) is 13.1. The van der Waals surface area contributed by atoms with Crippen molar-refractivity contribution in [3.63, 3.8) is 0 Å². The van der Waals surface area contributed by atoms with Crippen LogP contribution in [0.5, 0.6) is 0 Å². The molecule has 1 amide bonds. The largest absolute Gasteiger partial charge is 0.466 e. The first-order valence-electron chi connectivity index (χ1n) is 40.6. The first-order chi connectivity index (χ1) is 43.5. The molecule has 0 aromatic heterocycles. The lowest BCUT2D eigenvalue weighted by molar-refractivity contribution is -0.143. The average molecular weight is 1240 g/mol. The van der Waals surface area contributed by atoms with E-state index >= 15 is 0 Å². The van der Waals surface area contributed by atoms with E-state index in [9.17, 15) is 19.8 Å². The second-order valence-corrected chi connectivity index (χ2v) is 28.1. The normalized spacial score (nSPS) is 12.5. The number of unbranched alkanes of at least 4 members (excludes halogenated alkanes) is 62. The van der Waals surface area contributed by atoms with E-state index in [4.69, 9.17) is 4.74 Å². The van der Waals surface area contributed by atoms with E-state index in [0.29, 0.717) is 25.9 Å². The molecule has 0 aliphatic heterocycles. The predicted molar refractivity (Wildman–Crippen MR) is 389 cm³/mol. The van der Waals surface area contributed by atoms with E-state index in [1.54, 1.807) is 0 Å². The van der Waals surface area contributed by atoms with E-state index in [-0.39, 0.29) is 18.5 Å². The molecule has 0 saturated carbocycles. The molecule has 2 atom stereocenters. The molecule has 0 radical (unpaired) electrons. The standard InChI is InChI=1S/C82H159NO5/c1-3-5-7-9-11-13-15-17-18-19-20-21-22-32-35-38-41-44-47-51-54-58-62-66-70-74-80(85)79(78-84)83-81(86)75-71-67-63-59-55-52-48-45-42-39-36-33-30-28-26-24-23-25-27-29-31-34-37-40-43-46-49-53-57-61-65-69-73-77-88-82(87)76-72-68-64-60-56-50-16-14-12-10-8-6-4-2/h8,10,14,16,79-80,84-85H,3-7,9,11-13,15,17-78H2,1-2H3,(H,83,86)/b10-8-,16-14-. The summed E-state index contributed by atoms with van der Waals surface area (Å²) >= 11 is 0. The first-order valence-corrected chi connectivity index (χ1v) is 40.6. The van der Waals surface area contributed by atoms with Gasteiger partial charge in [0, 0.05) is 12.8 Å². The molecule has 0 aliphatic rings. The highest BCUT2D eigenvalue weighted by molar-refractivity contribution is 5.76. The molecule has 0 spiro atoms. The maximum absolute atomic E-state index is 12.6. The summed E-state index contributed by atoms with van der Waals surface area (Å²) in [6.07, 6.45) is 100.0. The average Bonchev–Trinajstić information content (AvgIpc) is 3.54. The Kier molecular flexibility index (Phi) is 76.3. The third kappa shape index (κ3) is 73.4. The summed E-state index contributed by atoms with van der Waals surface area (Å²) in [5.74, 6) is -0.0168. The molecular weight excluding hydrogens is 1080 g/mol. The zero-order chi connectivity index (χ0) is 63.5. The van der Waals surface area contributed by atoms with Gasteiger partial charge in [0.1, 0.15) is 0 Å². The number of esters is 1. The molecule has 2 unspecified atom stereocenters. The Morgan fingerprint density at radius 2 is 0.591 bits per heavy atom. The Morgan fingerprint density at radius 3 is 0.909 bits per heavy atom. The Labute approximate surface area is 551 Å². The Bertz CT molecular complexity index is 1380. The maximum Gasteiger partial charge on any atom is 0.305 e. The molecule has 3 N–H and O–H groups in total. The summed E-state index contributed by atoms with van der Waals surface area (Å²) in [6.45, 7) is 4.94. The number of ether oxygens (including phenoxy) is 1. The lowest BCUT2D eigenvalue weighted by Gasteiger charge is -2.22. The lowest BCUT2D eigenvalue weighted by atomic mass is 10.0. The van der Waals surface area contributed by atoms with Crippen molar-refractivity contribution < 1.29 is 24.5 Å². The molecule has 0 heterocycles. The van der Waals surface area contributed by atoms with E-state index in [0.717, 1.165) is 51.4 Å². The topological polar surface area (TPSA) is 95.9 Å². The van der Waals surface area contributed by atoms with E-state index in [2.05, 4.69) is 43.5 Å². The van der Waals surface area contributed by atoms with Crippen molar-refractivity contribution in [3.8, 4) is 0 Å². The van der Waals surface area contributed by atoms with Gasteiger partial charge in [0.2, 0.25) is 5.91 Å². The van der Waals surface area contributed by atoms with Crippen LogP contribution in [-0.2, 0) is 14.3 Å². The van der Waals surface area contributed by atoms with Gasteiger partial charge < -0.3 is 20.3 Å². The van der Waals surface area contributed by atoms with Gasteiger partial charge in [0.15, 0.2) is 0 Å². The second kappa shape index (κ2) is 77.8. The zero-order valence-electron chi connectivity index (χ0n) is 60.0. The molecule has 0 saturated heterocycles. The summed E-state index contributed by atoms with van der Waals surface area (Å²) in [4.78, 5) is 24.6. The van der Waals surface area contributed by atoms with Crippen LogP contribution in [0.2, 0.25) is 0 Å². The Balaban J connectivity index is 3.33. The molecule has 0 aromatic carbocycles. The molecule has 88 heavy (non-hydrogen) atoms. The van der Waals surface area contributed by atoms with Crippen LogP contribution in [0.1, 0.15) is 463 Å².